The van der Waals surface area contributed by atoms with Crippen LogP contribution in [0.4, 0.5) is 22.0 Å². The number of benzene rings is 3. The molecular weight excluding hydrogens is 463 g/mol. The van der Waals surface area contributed by atoms with Crippen molar-refractivity contribution in [3.05, 3.63) is 71.6 Å². The number of alkyl halides is 3. The average molecular weight is 485 g/mol. The number of hydrogen-bond donors (Lipinski definition) is 0. The Morgan fingerprint density at radius 2 is 1.69 bits per heavy atom. The molecule has 2 aromatic heterocycles. The van der Waals surface area contributed by atoms with Gasteiger partial charge in [-0.25, -0.2) is 13.3 Å². The van der Waals surface area contributed by atoms with E-state index in [0.29, 0.717) is 38.7 Å². The summed E-state index contributed by atoms with van der Waals surface area (Å²) in [5.41, 5.74) is 1.87. The van der Waals surface area contributed by atoms with Gasteiger partial charge in [0.1, 0.15) is 28.5 Å². The van der Waals surface area contributed by atoms with Crippen molar-refractivity contribution < 1.29 is 30.9 Å². The topological polar surface area (TPSA) is 29.9 Å². The van der Waals surface area contributed by atoms with Gasteiger partial charge in [0.15, 0.2) is 5.52 Å². The van der Waals surface area contributed by atoms with Crippen LogP contribution in [0.2, 0.25) is 0 Å². The largest absolute Gasteiger partial charge is 0.455 e. The number of nitrogens with zero attached hydrogens (tertiary/aromatic N) is 2. The normalized spacial score (nSPS) is 12.8. The van der Waals surface area contributed by atoms with E-state index < -0.39 is 23.2 Å². The zero-order valence-corrected chi connectivity index (χ0v) is 19.5. The molecule has 0 bridgehead atoms. The van der Waals surface area contributed by atoms with Crippen LogP contribution in [-0.4, -0.2) is 11.2 Å². The zero-order chi connectivity index (χ0) is 25.3. The molecule has 0 N–H and O–H groups in total. The highest BCUT2D eigenvalue weighted by atomic mass is 19.4. The van der Waals surface area contributed by atoms with Crippen LogP contribution >= 0.6 is 0 Å². The summed E-state index contributed by atoms with van der Waals surface area (Å²) in [6.45, 7) is 4.23. The van der Waals surface area contributed by atoms with Gasteiger partial charge in [-0.15, -0.1) is 0 Å². The van der Waals surface area contributed by atoms with E-state index in [9.17, 15) is 22.0 Å². The maximum absolute atomic E-state index is 14.6. The third-order valence-corrected chi connectivity index (χ3v) is 6.56. The van der Waals surface area contributed by atoms with Gasteiger partial charge in [-0.3, -0.25) is 0 Å². The Hall–Kier alpha value is -3.55. The standard InChI is InChI=1S/C27H22F5N2O/c1-14-5-7-18-23-19(29)10-16(28)11-21(23)35-25(18)22(14)24-17-8-6-15(9-20(17)33-13-34(24)4)12-26(2,3)27(30,31)32/h5-11,13H,12H2,1-4H3/q+1. The summed E-state index contributed by atoms with van der Waals surface area (Å²) < 4.78 is 76.5. The molecule has 0 saturated carbocycles. The second-order valence-corrected chi connectivity index (χ2v) is 9.61. The molecule has 0 spiro atoms. The number of furan rings is 1. The van der Waals surface area contributed by atoms with Crippen LogP contribution in [0, 0.1) is 24.0 Å². The lowest BCUT2D eigenvalue weighted by molar-refractivity contribution is -0.662. The molecule has 5 aromatic rings. The SMILES string of the molecule is Cc1ccc2c(oc3cc(F)cc(F)c32)c1-c1c2ccc(CC(C)(C)C(F)(F)F)cc2nc[n+]1C. The van der Waals surface area contributed by atoms with Gasteiger partial charge in [-0.2, -0.15) is 13.2 Å². The molecule has 3 aromatic carbocycles. The van der Waals surface area contributed by atoms with Gasteiger partial charge >= 0.3 is 6.18 Å². The third kappa shape index (κ3) is 3.72. The van der Waals surface area contributed by atoms with E-state index in [2.05, 4.69) is 4.98 Å². The molecule has 35 heavy (non-hydrogen) atoms. The minimum absolute atomic E-state index is 0.0991. The van der Waals surface area contributed by atoms with E-state index in [-0.39, 0.29) is 17.4 Å². The van der Waals surface area contributed by atoms with Gasteiger partial charge in [-0.1, -0.05) is 32.0 Å². The van der Waals surface area contributed by atoms with Crippen molar-refractivity contribution in [3.8, 4) is 11.3 Å². The molecule has 0 unspecified atom stereocenters. The highest BCUT2D eigenvalue weighted by molar-refractivity contribution is 6.11. The Labute approximate surface area is 197 Å². The van der Waals surface area contributed by atoms with Crippen LogP contribution < -0.4 is 4.57 Å². The second-order valence-electron chi connectivity index (χ2n) is 9.61. The van der Waals surface area contributed by atoms with Gasteiger partial charge in [-0.05, 0) is 41.6 Å². The van der Waals surface area contributed by atoms with Gasteiger partial charge < -0.3 is 4.42 Å². The molecule has 5 rings (SSSR count). The first-order valence-corrected chi connectivity index (χ1v) is 11.0. The number of halogens is 5. The van der Waals surface area contributed by atoms with E-state index >= 15 is 0 Å². The predicted molar refractivity (Wildman–Crippen MR) is 124 cm³/mol. The predicted octanol–water partition coefficient (Wildman–Crippen LogP) is 7.34. The van der Waals surface area contributed by atoms with Crippen LogP contribution in [-0.2, 0) is 13.5 Å². The minimum atomic E-state index is -4.34. The van der Waals surface area contributed by atoms with Crippen LogP contribution in [0.5, 0.6) is 0 Å². The van der Waals surface area contributed by atoms with Gasteiger partial charge in [0.2, 0.25) is 0 Å². The Morgan fingerprint density at radius 1 is 0.971 bits per heavy atom. The molecule has 0 radical (unpaired) electrons. The fraction of sp³-hybridized carbons (Fsp3) is 0.259. The summed E-state index contributed by atoms with van der Waals surface area (Å²) in [6, 6.07) is 10.6. The lowest BCUT2D eigenvalue weighted by Gasteiger charge is -2.27. The first-order valence-electron chi connectivity index (χ1n) is 11.0. The van der Waals surface area contributed by atoms with E-state index in [1.54, 1.807) is 42.2 Å². The Bertz CT molecular complexity index is 1630. The number of hydrogen-bond acceptors (Lipinski definition) is 2. The maximum Gasteiger partial charge on any atom is 0.394 e. The Morgan fingerprint density at radius 3 is 2.40 bits per heavy atom. The smallest absolute Gasteiger partial charge is 0.394 e. The van der Waals surface area contributed by atoms with Gasteiger partial charge in [0.25, 0.3) is 6.33 Å². The monoisotopic (exact) mass is 485 g/mol. The van der Waals surface area contributed by atoms with E-state index in [1.807, 2.05) is 13.0 Å². The highest BCUT2D eigenvalue weighted by Crippen LogP contribution is 2.42. The molecule has 0 fully saturated rings. The summed E-state index contributed by atoms with van der Waals surface area (Å²) in [5.74, 6) is -1.45. The second kappa shape index (κ2) is 7.73. The molecule has 0 amide bonds. The average Bonchev–Trinajstić information content (AvgIpc) is 3.12. The molecular formula is C27H22F5N2O+. The third-order valence-electron chi connectivity index (χ3n) is 6.56. The Balaban J connectivity index is 1.75. The molecule has 2 heterocycles. The number of fused-ring (bicyclic) bond motifs is 4. The van der Waals surface area contributed by atoms with Crippen LogP contribution in [0.1, 0.15) is 25.0 Å². The lowest BCUT2D eigenvalue weighted by Crippen LogP contribution is -2.34. The fourth-order valence-corrected chi connectivity index (χ4v) is 4.59. The van der Waals surface area contributed by atoms with Crippen LogP contribution in [0.3, 0.4) is 0 Å². The first-order chi connectivity index (χ1) is 16.4. The molecule has 0 aliphatic rings. The maximum atomic E-state index is 14.6. The van der Waals surface area contributed by atoms with Crippen molar-refractivity contribution in [1.82, 2.24) is 4.98 Å². The van der Waals surface area contributed by atoms with Crippen LogP contribution in [0.15, 0.2) is 53.2 Å². The van der Waals surface area contributed by atoms with Crippen LogP contribution in [0.25, 0.3) is 44.1 Å². The van der Waals surface area contributed by atoms with Crippen molar-refractivity contribution >= 4 is 32.8 Å². The van der Waals surface area contributed by atoms with Gasteiger partial charge in [0, 0.05) is 17.5 Å². The number of rotatable bonds is 3. The first kappa shape index (κ1) is 23.2. The fourth-order valence-electron chi connectivity index (χ4n) is 4.59. The summed E-state index contributed by atoms with van der Waals surface area (Å²) in [5, 5.41) is 1.40. The summed E-state index contributed by atoms with van der Waals surface area (Å²) >= 11 is 0. The van der Waals surface area contributed by atoms with Crippen molar-refractivity contribution in [2.24, 2.45) is 12.5 Å². The molecule has 0 saturated heterocycles. The molecule has 3 nitrogen and oxygen atoms in total. The minimum Gasteiger partial charge on any atom is -0.455 e. The molecule has 0 atom stereocenters. The van der Waals surface area contributed by atoms with E-state index in [1.165, 1.54) is 13.8 Å². The summed E-state index contributed by atoms with van der Waals surface area (Å²) in [7, 11) is 1.80. The molecule has 180 valence electrons. The van der Waals surface area contributed by atoms with Crippen molar-refractivity contribution in [2.45, 2.75) is 33.4 Å². The number of aryl methyl sites for hydroxylation is 2. The zero-order valence-electron chi connectivity index (χ0n) is 19.5. The summed E-state index contributed by atoms with van der Waals surface area (Å²) in [4.78, 5) is 4.44. The molecule has 0 aliphatic heterocycles. The lowest BCUT2D eigenvalue weighted by atomic mass is 9.84. The summed E-state index contributed by atoms with van der Waals surface area (Å²) in [6.07, 6.45) is -2.95. The Kier molecular flexibility index (Phi) is 5.12. The molecule has 8 heteroatoms. The quantitative estimate of drug-likeness (QED) is 0.198. The highest BCUT2D eigenvalue weighted by Gasteiger charge is 2.47. The van der Waals surface area contributed by atoms with Gasteiger partial charge in [0.05, 0.1) is 28.8 Å². The van der Waals surface area contributed by atoms with Crippen molar-refractivity contribution in [1.29, 1.82) is 0 Å². The number of aromatic nitrogens is 2. The van der Waals surface area contributed by atoms with Crippen molar-refractivity contribution in [2.75, 3.05) is 0 Å². The van der Waals surface area contributed by atoms with E-state index in [4.69, 9.17) is 4.42 Å². The molecule has 0 aliphatic carbocycles. The van der Waals surface area contributed by atoms with E-state index in [0.717, 1.165) is 17.7 Å². The van der Waals surface area contributed by atoms with Crippen molar-refractivity contribution in [3.63, 3.8) is 0 Å².